The molecule has 0 unspecified atom stereocenters. The standard InChI is InChI=1S/C26H24N4O3/c1-32-22-14-18-10-13-29(17-20(18)15-23(22)33-2)25(31)9-8-21-26(19-6-5-11-27-16-19)28-24-7-3-4-12-30(21)24/h3-9,11-12,14-16H,10,13,17H2,1-2H3/b9-8+. The van der Waals surface area contributed by atoms with Gasteiger partial charge in [-0.2, -0.15) is 0 Å². The second-order valence-corrected chi connectivity index (χ2v) is 7.84. The van der Waals surface area contributed by atoms with Crippen LogP contribution in [-0.2, 0) is 17.8 Å². The maximum Gasteiger partial charge on any atom is 0.246 e. The lowest BCUT2D eigenvalue weighted by Crippen LogP contribution is -2.34. The number of ether oxygens (including phenoxy) is 2. The zero-order valence-electron chi connectivity index (χ0n) is 18.6. The van der Waals surface area contributed by atoms with E-state index in [2.05, 4.69) is 4.98 Å². The lowest BCUT2D eigenvalue weighted by Gasteiger charge is -2.28. The lowest BCUT2D eigenvalue weighted by atomic mass is 9.98. The SMILES string of the molecule is COc1cc2c(cc1OC)CN(C(=O)/C=C/c1c(-c3cccnc3)nc3ccccn13)CC2. The molecule has 1 aliphatic heterocycles. The highest BCUT2D eigenvalue weighted by Crippen LogP contribution is 2.33. The molecule has 0 spiro atoms. The van der Waals surface area contributed by atoms with Gasteiger partial charge in [-0.05, 0) is 60.0 Å². The predicted octanol–water partition coefficient (Wildman–Crippen LogP) is 4.01. The summed E-state index contributed by atoms with van der Waals surface area (Å²) in [7, 11) is 3.25. The van der Waals surface area contributed by atoms with Gasteiger partial charge < -0.3 is 14.4 Å². The number of rotatable bonds is 5. The number of fused-ring (bicyclic) bond motifs is 2. The monoisotopic (exact) mass is 440 g/mol. The fourth-order valence-electron chi connectivity index (χ4n) is 4.22. The Bertz CT molecular complexity index is 1340. The van der Waals surface area contributed by atoms with Crippen LogP contribution in [0.3, 0.4) is 0 Å². The van der Waals surface area contributed by atoms with E-state index in [0.717, 1.165) is 34.6 Å². The van der Waals surface area contributed by atoms with Gasteiger partial charge in [0.25, 0.3) is 0 Å². The highest BCUT2D eigenvalue weighted by Gasteiger charge is 2.22. The summed E-state index contributed by atoms with van der Waals surface area (Å²) in [6.07, 6.45) is 9.70. The van der Waals surface area contributed by atoms with Crippen LogP contribution in [-0.4, -0.2) is 45.9 Å². The van der Waals surface area contributed by atoms with Crippen LogP contribution in [0.2, 0.25) is 0 Å². The molecule has 7 heteroatoms. The van der Waals surface area contributed by atoms with Crippen molar-refractivity contribution in [1.29, 1.82) is 0 Å². The number of pyridine rings is 2. The number of imidazole rings is 1. The Hall–Kier alpha value is -4.13. The smallest absolute Gasteiger partial charge is 0.246 e. The van der Waals surface area contributed by atoms with Crippen molar-refractivity contribution in [2.75, 3.05) is 20.8 Å². The average Bonchev–Trinajstić information content (AvgIpc) is 3.25. The summed E-state index contributed by atoms with van der Waals surface area (Å²) in [6.45, 7) is 1.18. The number of nitrogens with zero attached hydrogens (tertiary/aromatic N) is 4. The van der Waals surface area contributed by atoms with Crippen LogP contribution in [0, 0.1) is 0 Å². The summed E-state index contributed by atoms with van der Waals surface area (Å²) in [5.41, 5.74) is 5.61. The molecule has 166 valence electrons. The summed E-state index contributed by atoms with van der Waals surface area (Å²) < 4.78 is 12.8. The van der Waals surface area contributed by atoms with Gasteiger partial charge in [-0.15, -0.1) is 0 Å². The third-order valence-corrected chi connectivity index (χ3v) is 5.92. The normalized spacial score (nSPS) is 13.3. The number of benzene rings is 1. The fraction of sp³-hybridized carbons (Fsp3) is 0.192. The number of hydrogen-bond donors (Lipinski definition) is 0. The largest absolute Gasteiger partial charge is 0.493 e. The number of methoxy groups -OCH3 is 2. The lowest BCUT2D eigenvalue weighted by molar-refractivity contribution is -0.126. The molecule has 33 heavy (non-hydrogen) atoms. The van der Waals surface area contributed by atoms with E-state index >= 15 is 0 Å². The van der Waals surface area contributed by atoms with Gasteiger partial charge in [0.05, 0.1) is 25.6 Å². The van der Waals surface area contributed by atoms with Crippen molar-refractivity contribution in [3.8, 4) is 22.8 Å². The molecule has 0 saturated heterocycles. The molecule has 0 aliphatic carbocycles. The van der Waals surface area contributed by atoms with Crippen LogP contribution in [0.5, 0.6) is 11.5 Å². The summed E-state index contributed by atoms with van der Waals surface area (Å²) in [4.78, 5) is 23.9. The zero-order valence-corrected chi connectivity index (χ0v) is 18.6. The highest BCUT2D eigenvalue weighted by molar-refractivity contribution is 5.93. The number of carbonyl (C=O) groups excluding carboxylic acids is 1. The van der Waals surface area contributed by atoms with Gasteiger partial charge in [0.15, 0.2) is 11.5 Å². The van der Waals surface area contributed by atoms with Crippen LogP contribution >= 0.6 is 0 Å². The van der Waals surface area contributed by atoms with Gasteiger partial charge in [-0.1, -0.05) is 6.07 Å². The minimum atomic E-state index is -0.0431. The molecule has 3 aromatic heterocycles. The Balaban J connectivity index is 1.43. The summed E-state index contributed by atoms with van der Waals surface area (Å²) in [5.74, 6) is 1.35. The minimum absolute atomic E-state index is 0.0431. The van der Waals surface area contributed by atoms with E-state index in [9.17, 15) is 4.79 Å². The van der Waals surface area contributed by atoms with E-state index in [1.54, 1.807) is 32.7 Å². The van der Waals surface area contributed by atoms with Crippen LogP contribution in [0.25, 0.3) is 23.0 Å². The Labute approximate surface area is 191 Å². The second kappa shape index (κ2) is 8.78. The maximum atomic E-state index is 13.1. The first-order chi connectivity index (χ1) is 16.2. The van der Waals surface area contributed by atoms with Crippen LogP contribution < -0.4 is 9.47 Å². The maximum absolute atomic E-state index is 13.1. The summed E-state index contributed by atoms with van der Waals surface area (Å²) in [5, 5.41) is 0. The number of carbonyl (C=O) groups is 1. The van der Waals surface area contributed by atoms with Gasteiger partial charge in [0.2, 0.25) is 5.91 Å². The molecule has 1 amide bonds. The van der Waals surface area contributed by atoms with Gasteiger partial charge >= 0.3 is 0 Å². The van der Waals surface area contributed by atoms with Crippen molar-refractivity contribution in [1.82, 2.24) is 19.3 Å². The van der Waals surface area contributed by atoms with Crippen molar-refractivity contribution in [3.63, 3.8) is 0 Å². The molecule has 0 atom stereocenters. The van der Waals surface area contributed by atoms with Crippen molar-refractivity contribution in [2.45, 2.75) is 13.0 Å². The predicted molar refractivity (Wildman–Crippen MR) is 126 cm³/mol. The molecule has 0 N–H and O–H groups in total. The molecule has 7 nitrogen and oxygen atoms in total. The van der Waals surface area contributed by atoms with Gasteiger partial charge in [-0.25, -0.2) is 4.98 Å². The molecule has 0 bridgehead atoms. The first-order valence-corrected chi connectivity index (χ1v) is 10.8. The van der Waals surface area contributed by atoms with Crippen molar-refractivity contribution >= 4 is 17.6 Å². The first kappa shape index (κ1) is 20.8. The van der Waals surface area contributed by atoms with E-state index in [1.807, 2.05) is 64.0 Å². The fourth-order valence-corrected chi connectivity index (χ4v) is 4.22. The minimum Gasteiger partial charge on any atom is -0.493 e. The molecule has 4 heterocycles. The average molecular weight is 441 g/mol. The van der Waals surface area contributed by atoms with E-state index in [4.69, 9.17) is 14.5 Å². The van der Waals surface area contributed by atoms with Crippen molar-refractivity contribution < 1.29 is 14.3 Å². The van der Waals surface area contributed by atoms with Crippen LogP contribution in [0.1, 0.15) is 16.8 Å². The number of aromatic nitrogens is 3. The zero-order chi connectivity index (χ0) is 22.8. The highest BCUT2D eigenvalue weighted by atomic mass is 16.5. The van der Waals surface area contributed by atoms with Crippen LogP contribution in [0.15, 0.2) is 67.1 Å². The van der Waals surface area contributed by atoms with E-state index in [-0.39, 0.29) is 5.91 Å². The Morgan fingerprint density at radius 2 is 1.88 bits per heavy atom. The van der Waals surface area contributed by atoms with Crippen LogP contribution in [0.4, 0.5) is 0 Å². The third kappa shape index (κ3) is 3.93. The molecule has 5 rings (SSSR count). The van der Waals surface area contributed by atoms with Gasteiger partial charge in [0, 0.05) is 43.3 Å². The van der Waals surface area contributed by atoms with Crippen molar-refractivity contribution in [3.05, 3.63) is 84.0 Å². The first-order valence-electron chi connectivity index (χ1n) is 10.8. The third-order valence-electron chi connectivity index (χ3n) is 5.92. The Morgan fingerprint density at radius 3 is 2.64 bits per heavy atom. The summed E-state index contributed by atoms with van der Waals surface area (Å²) >= 11 is 0. The summed E-state index contributed by atoms with van der Waals surface area (Å²) in [6, 6.07) is 13.7. The molecule has 0 saturated carbocycles. The molecular weight excluding hydrogens is 416 g/mol. The topological polar surface area (TPSA) is 69.0 Å². The van der Waals surface area contributed by atoms with Crippen molar-refractivity contribution in [2.24, 2.45) is 0 Å². The van der Waals surface area contributed by atoms with E-state index < -0.39 is 0 Å². The molecule has 0 fully saturated rings. The molecule has 4 aromatic rings. The quantitative estimate of drug-likeness (QED) is 0.439. The number of hydrogen-bond acceptors (Lipinski definition) is 5. The molecular formula is C26H24N4O3. The van der Waals surface area contributed by atoms with E-state index in [0.29, 0.717) is 24.6 Å². The number of amides is 1. The molecule has 0 radical (unpaired) electrons. The van der Waals surface area contributed by atoms with E-state index in [1.165, 1.54) is 5.56 Å². The molecule has 1 aromatic carbocycles. The second-order valence-electron chi connectivity index (χ2n) is 7.84. The molecule has 1 aliphatic rings. The van der Waals surface area contributed by atoms with Gasteiger partial charge in [-0.3, -0.25) is 14.2 Å². The Kier molecular flexibility index (Phi) is 5.52. The van der Waals surface area contributed by atoms with Gasteiger partial charge in [0.1, 0.15) is 5.65 Å². The Morgan fingerprint density at radius 1 is 1.06 bits per heavy atom.